The van der Waals surface area contributed by atoms with E-state index in [-0.39, 0.29) is 21.8 Å². The summed E-state index contributed by atoms with van der Waals surface area (Å²) >= 11 is 6.50. The fourth-order valence-electron chi connectivity index (χ4n) is 3.04. The third-order valence-electron chi connectivity index (χ3n) is 4.49. The minimum Gasteiger partial charge on any atom is -0.492 e. The molecule has 2 heterocycles. The highest BCUT2D eigenvalue weighted by Gasteiger charge is 2.24. The van der Waals surface area contributed by atoms with Gasteiger partial charge in [-0.2, -0.15) is 4.36 Å². The zero-order valence-corrected chi connectivity index (χ0v) is 16.9. The van der Waals surface area contributed by atoms with Crippen molar-refractivity contribution < 1.29 is 13.7 Å². The lowest BCUT2D eigenvalue weighted by Crippen LogP contribution is -2.19. The fourth-order valence-corrected chi connectivity index (χ4v) is 5.59. The van der Waals surface area contributed by atoms with Crippen molar-refractivity contribution in [2.45, 2.75) is 26.2 Å². The number of ether oxygens (including phenoxy) is 1. The molecule has 1 saturated heterocycles. The van der Waals surface area contributed by atoms with Crippen LogP contribution in [0.25, 0.3) is 0 Å². The molecule has 0 saturated carbocycles. The molecule has 27 heavy (non-hydrogen) atoms. The average molecular weight is 412 g/mol. The maximum atomic E-state index is 13.1. The summed E-state index contributed by atoms with van der Waals surface area (Å²) in [5, 5.41) is 2.73. The van der Waals surface area contributed by atoms with Crippen LogP contribution in [0.3, 0.4) is 0 Å². The second-order valence-electron chi connectivity index (χ2n) is 6.42. The number of hydrogen-bond donors (Lipinski definition) is 1. The number of carbonyl (C=O) groups excluding carboxylic acids is 1. The molecule has 0 aliphatic carbocycles. The van der Waals surface area contributed by atoms with E-state index in [1.54, 1.807) is 6.07 Å². The lowest BCUT2D eigenvalue weighted by molar-refractivity contribution is 0.103. The van der Waals surface area contributed by atoms with Crippen LogP contribution in [0.15, 0.2) is 27.5 Å². The third-order valence-corrected chi connectivity index (χ3v) is 7.24. The number of H-pyrrole nitrogens is 1. The SMILES string of the molecule is CCOc1ccc(C(=O)c2c[nH]n(C)c2=O)c(Cl)c1N=S1(=O)CCCCC1. The molecule has 1 aliphatic rings. The number of aromatic amines is 1. The fraction of sp³-hybridized carbons (Fsp3) is 0.444. The molecule has 9 heteroatoms. The number of ketones is 1. The lowest BCUT2D eigenvalue weighted by Gasteiger charge is -2.17. The van der Waals surface area contributed by atoms with Crippen LogP contribution < -0.4 is 10.3 Å². The first-order valence-corrected chi connectivity index (χ1v) is 11.1. The first-order valence-electron chi connectivity index (χ1n) is 8.83. The Morgan fingerprint density at radius 2 is 2.00 bits per heavy atom. The van der Waals surface area contributed by atoms with Crippen LogP contribution in [0.4, 0.5) is 5.69 Å². The van der Waals surface area contributed by atoms with Gasteiger partial charge in [-0.3, -0.25) is 14.3 Å². The molecule has 0 atom stereocenters. The van der Waals surface area contributed by atoms with Crippen LogP contribution in [-0.2, 0) is 16.8 Å². The van der Waals surface area contributed by atoms with Gasteiger partial charge in [-0.25, -0.2) is 4.21 Å². The standard InChI is InChI=1S/C18H22ClN3O4S/c1-3-26-14-8-7-12(17(23)13-11-20-22(2)18(13)24)15(19)16(14)21-27(25)9-5-4-6-10-27/h7-8,11,20H,3-6,9-10H2,1-2H3. The Labute approximate surface area is 162 Å². The van der Waals surface area contributed by atoms with Gasteiger partial charge in [-0.15, -0.1) is 0 Å². The van der Waals surface area contributed by atoms with E-state index in [9.17, 15) is 13.8 Å². The molecular formula is C18H22ClN3O4S. The van der Waals surface area contributed by atoms with E-state index in [4.69, 9.17) is 16.3 Å². The summed E-state index contributed by atoms with van der Waals surface area (Å²) in [7, 11) is -0.919. The number of aryl methyl sites for hydroxylation is 1. The van der Waals surface area contributed by atoms with Crippen molar-refractivity contribution in [1.82, 2.24) is 9.78 Å². The molecule has 0 spiro atoms. The van der Waals surface area contributed by atoms with E-state index in [2.05, 4.69) is 9.46 Å². The van der Waals surface area contributed by atoms with Gasteiger partial charge in [0.15, 0.2) is 0 Å². The van der Waals surface area contributed by atoms with Crippen LogP contribution in [0.5, 0.6) is 5.75 Å². The van der Waals surface area contributed by atoms with Crippen LogP contribution in [0.1, 0.15) is 42.1 Å². The zero-order valence-electron chi connectivity index (χ0n) is 15.3. The van der Waals surface area contributed by atoms with Crippen molar-refractivity contribution in [3.63, 3.8) is 0 Å². The largest absolute Gasteiger partial charge is 0.492 e. The molecule has 0 bridgehead atoms. The van der Waals surface area contributed by atoms with Gasteiger partial charge in [-0.1, -0.05) is 18.0 Å². The third kappa shape index (κ3) is 3.96. The number of halogens is 1. The minimum absolute atomic E-state index is 0.0173. The van der Waals surface area contributed by atoms with Crippen LogP contribution >= 0.6 is 11.6 Å². The summed E-state index contributed by atoms with van der Waals surface area (Å²) < 4.78 is 24.3. The average Bonchev–Trinajstić information content (AvgIpc) is 2.97. The number of carbonyl (C=O) groups is 1. The van der Waals surface area contributed by atoms with Crippen molar-refractivity contribution in [3.05, 3.63) is 44.8 Å². The van der Waals surface area contributed by atoms with E-state index < -0.39 is 21.1 Å². The summed E-state index contributed by atoms with van der Waals surface area (Å²) in [6, 6.07) is 3.10. The van der Waals surface area contributed by atoms with Gasteiger partial charge in [0.05, 0.1) is 21.4 Å². The number of hydrogen-bond acceptors (Lipinski definition) is 5. The normalized spacial score (nSPS) is 16.1. The van der Waals surface area contributed by atoms with E-state index >= 15 is 0 Å². The van der Waals surface area contributed by atoms with E-state index in [1.165, 1.54) is 24.0 Å². The Bertz CT molecular complexity index is 1040. The smallest absolute Gasteiger partial charge is 0.277 e. The van der Waals surface area contributed by atoms with Crippen LogP contribution in [0, 0.1) is 0 Å². The first-order chi connectivity index (χ1) is 12.9. The number of nitrogens with one attached hydrogen (secondary N) is 1. The molecule has 0 radical (unpaired) electrons. The topological polar surface area (TPSA) is 93.5 Å². The maximum absolute atomic E-state index is 13.1. The highest BCUT2D eigenvalue weighted by atomic mass is 35.5. The molecule has 1 aromatic heterocycles. The molecule has 1 N–H and O–H groups in total. The lowest BCUT2D eigenvalue weighted by atomic mass is 10.1. The van der Waals surface area contributed by atoms with Crippen LogP contribution in [-0.4, -0.2) is 37.9 Å². The predicted octanol–water partition coefficient (Wildman–Crippen LogP) is 3.28. The summed E-state index contributed by atoms with van der Waals surface area (Å²) in [6.45, 7) is 2.20. The number of nitrogens with zero attached hydrogens (tertiary/aromatic N) is 2. The molecule has 7 nitrogen and oxygen atoms in total. The van der Waals surface area contributed by atoms with E-state index in [1.807, 2.05) is 6.92 Å². The van der Waals surface area contributed by atoms with Crippen molar-refractivity contribution >= 4 is 32.8 Å². The summed E-state index contributed by atoms with van der Waals surface area (Å²) in [5.41, 5.74) is -0.101. The number of rotatable bonds is 5. The second-order valence-corrected chi connectivity index (χ2v) is 9.34. The predicted molar refractivity (Wildman–Crippen MR) is 106 cm³/mol. The monoisotopic (exact) mass is 411 g/mol. The zero-order chi connectivity index (χ0) is 19.6. The summed E-state index contributed by atoms with van der Waals surface area (Å²) in [5.74, 6) is 0.880. The quantitative estimate of drug-likeness (QED) is 0.764. The summed E-state index contributed by atoms with van der Waals surface area (Å²) in [4.78, 5) is 24.9. The minimum atomic E-state index is -2.44. The van der Waals surface area contributed by atoms with Crippen molar-refractivity contribution in [3.8, 4) is 5.75 Å². The van der Waals surface area contributed by atoms with Crippen molar-refractivity contribution in [1.29, 1.82) is 0 Å². The van der Waals surface area contributed by atoms with E-state index in [0.717, 1.165) is 19.3 Å². The Balaban J connectivity index is 2.14. The molecular weight excluding hydrogens is 390 g/mol. The van der Waals surface area contributed by atoms with Gasteiger partial charge in [0, 0.05) is 30.3 Å². The highest BCUT2D eigenvalue weighted by molar-refractivity contribution is 7.93. The molecule has 1 aromatic carbocycles. The van der Waals surface area contributed by atoms with Gasteiger partial charge in [-0.05, 0) is 31.9 Å². The molecule has 0 unspecified atom stereocenters. The number of benzene rings is 1. The Morgan fingerprint density at radius 3 is 2.59 bits per heavy atom. The highest BCUT2D eigenvalue weighted by Crippen LogP contribution is 2.40. The van der Waals surface area contributed by atoms with Crippen molar-refractivity contribution in [2.75, 3.05) is 18.1 Å². The molecule has 146 valence electrons. The number of aromatic nitrogens is 2. The van der Waals surface area contributed by atoms with E-state index in [0.29, 0.717) is 23.9 Å². The molecule has 0 amide bonds. The molecule has 1 aliphatic heterocycles. The Morgan fingerprint density at radius 1 is 1.30 bits per heavy atom. The first kappa shape index (κ1) is 19.7. The molecule has 3 rings (SSSR count). The van der Waals surface area contributed by atoms with Crippen LogP contribution in [0.2, 0.25) is 5.02 Å². The maximum Gasteiger partial charge on any atom is 0.277 e. The Hall–Kier alpha value is -2.06. The molecule has 2 aromatic rings. The van der Waals surface area contributed by atoms with Gasteiger partial charge < -0.3 is 9.84 Å². The van der Waals surface area contributed by atoms with Gasteiger partial charge >= 0.3 is 0 Å². The van der Waals surface area contributed by atoms with Crippen molar-refractivity contribution in [2.24, 2.45) is 11.4 Å². The second kappa shape index (κ2) is 7.90. The Kier molecular flexibility index (Phi) is 5.76. The van der Waals surface area contributed by atoms with Gasteiger partial charge in [0.25, 0.3) is 5.56 Å². The van der Waals surface area contributed by atoms with Gasteiger partial charge in [0.2, 0.25) is 5.78 Å². The summed E-state index contributed by atoms with van der Waals surface area (Å²) in [6.07, 6.45) is 4.08. The molecule has 1 fully saturated rings. The van der Waals surface area contributed by atoms with Gasteiger partial charge in [0.1, 0.15) is 17.0 Å².